The summed E-state index contributed by atoms with van der Waals surface area (Å²) >= 11 is 0. The Morgan fingerprint density at radius 2 is 2.11 bits per heavy atom. The molecule has 2 N–H and O–H groups in total. The standard InChI is InChI=1S/C15H18N2O2/c1-10(2)8-9-16-14-7-6-11-12(15(18)19)4-3-5-13(11)17-14/h3-7,10H,8-9H2,1-2H3,(H,16,17)(H,18,19). The quantitative estimate of drug-likeness (QED) is 0.863. The van der Waals surface area contributed by atoms with E-state index in [1.54, 1.807) is 12.1 Å². The number of carboxylic acids is 1. The number of hydrogen-bond donors (Lipinski definition) is 2. The fourth-order valence-corrected chi connectivity index (χ4v) is 1.93. The van der Waals surface area contributed by atoms with Gasteiger partial charge in [-0.3, -0.25) is 0 Å². The lowest BCUT2D eigenvalue weighted by Crippen LogP contribution is -2.06. The number of nitrogens with one attached hydrogen (secondary N) is 1. The van der Waals surface area contributed by atoms with Gasteiger partial charge in [0.25, 0.3) is 0 Å². The van der Waals surface area contributed by atoms with Gasteiger partial charge < -0.3 is 10.4 Å². The average Bonchev–Trinajstić information content (AvgIpc) is 2.37. The molecule has 0 unspecified atom stereocenters. The average molecular weight is 258 g/mol. The molecule has 2 rings (SSSR count). The fraction of sp³-hybridized carbons (Fsp3) is 0.333. The van der Waals surface area contributed by atoms with Gasteiger partial charge in [0, 0.05) is 11.9 Å². The molecule has 0 atom stereocenters. The van der Waals surface area contributed by atoms with Crippen LogP contribution in [0.2, 0.25) is 0 Å². The lowest BCUT2D eigenvalue weighted by atomic mass is 10.1. The highest BCUT2D eigenvalue weighted by Crippen LogP contribution is 2.19. The van der Waals surface area contributed by atoms with Crippen molar-refractivity contribution in [1.82, 2.24) is 4.98 Å². The molecule has 2 aromatic rings. The van der Waals surface area contributed by atoms with Gasteiger partial charge in [-0.2, -0.15) is 0 Å². The van der Waals surface area contributed by atoms with Gasteiger partial charge in [0.15, 0.2) is 0 Å². The number of benzene rings is 1. The molecule has 0 saturated carbocycles. The summed E-state index contributed by atoms with van der Waals surface area (Å²) in [7, 11) is 0. The predicted octanol–water partition coefficient (Wildman–Crippen LogP) is 3.39. The highest BCUT2D eigenvalue weighted by atomic mass is 16.4. The van der Waals surface area contributed by atoms with E-state index >= 15 is 0 Å². The van der Waals surface area contributed by atoms with Crippen LogP contribution in [-0.4, -0.2) is 22.6 Å². The monoisotopic (exact) mass is 258 g/mol. The van der Waals surface area contributed by atoms with Crippen molar-refractivity contribution in [3.05, 3.63) is 35.9 Å². The lowest BCUT2D eigenvalue weighted by molar-refractivity contribution is 0.0699. The zero-order valence-electron chi connectivity index (χ0n) is 11.2. The smallest absolute Gasteiger partial charge is 0.336 e. The van der Waals surface area contributed by atoms with Crippen molar-refractivity contribution in [1.29, 1.82) is 0 Å². The van der Waals surface area contributed by atoms with E-state index in [0.717, 1.165) is 18.8 Å². The molecule has 0 amide bonds. The maximum atomic E-state index is 11.1. The van der Waals surface area contributed by atoms with Crippen molar-refractivity contribution in [2.24, 2.45) is 5.92 Å². The molecule has 1 heterocycles. The van der Waals surface area contributed by atoms with Crippen LogP contribution in [0.1, 0.15) is 30.6 Å². The van der Waals surface area contributed by atoms with Crippen LogP contribution in [0.25, 0.3) is 10.9 Å². The number of aromatic carboxylic acids is 1. The Morgan fingerprint density at radius 3 is 2.79 bits per heavy atom. The van der Waals surface area contributed by atoms with Crippen molar-refractivity contribution in [2.45, 2.75) is 20.3 Å². The second kappa shape index (κ2) is 5.69. The summed E-state index contributed by atoms with van der Waals surface area (Å²) in [5.74, 6) is 0.509. The molecule has 100 valence electrons. The summed E-state index contributed by atoms with van der Waals surface area (Å²) in [4.78, 5) is 15.5. The molecule has 4 heteroatoms. The van der Waals surface area contributed by atoms with E-state index in [4.69, 9.17) is 5.11 Å². The molecule has 1 aromatic carbocycles. The first-order valence-corrected chi connectivity index (χ1v) is 6.45. The third kappa shape index (κ3) is 3.22. The molecule has 4 nitrogen and oxygen atoms in total. The van der Waals surface area contributed by atoms with E-state index in [9.17, 15) is 4.79 Å². The van der Waals surface area contributed by atoms with Crippen molar-refractivity contribution in [2.75, 3.05) is 11.9 Å². The van der Waals surface area contributed by atoms with E-state index in [2.05, 4.69) is 24.1 Å². The van der Waals surface area contributed by atoms with Crippen molar-refractivity contribution < 1.29 is 9.90 Å². The molecule has 0 radical (unpaired) electrons. The SMILES string of the molecule is CC(C)CCNc1ccc2c(C(=O)O)cccc2n1. The number of carboxylic acid groups (broad SMARTS) is 1. The fourth-order valence-electron chi connectivity index (χ4n) is 1.93. The minimum absolute atomic E-state index is 0.290. The van der Waals surface area contributed by atoms with Crippen molar-refractivity contribution >= 4 is 22.7 Å². The van der Waals surface area contributed by atoms with E-state index in [1.165, 1.54) is 0 Å². The molecule has 0 saturated heterocycles. The van der Waals surface area contributed by atoms with E-state index in [-0.39, 0.29) is 0 Å². The Balaban J connectivity index is 2.24. The number of nitrogens with zero attached hydrogens (tertiary/aromatic N) is 1. The van der Waals surface area contributed by atoms with Crippen molar-refractivity contribution in [3.63, 3.8) is 0 Å². The topological polar surface area (TPSA) is 62.2 Å². The Kier molecular flexibility index (Phi) is 4.00. The number of hydrogen-bond acceptors (Lipinski definition) is 3. The molecular weight excluding hydrogens is 240 g/mol. The minimum atomic E-state index is -0.923. The molecule has 19 heavy (non-hydrogen) atoms. The Morgan fingerprint density at radius 1 is 1.32 bits per heavy atom. The summed E-state index contributed by atoms with van der Waals surface area (Å²) in [5.41, 5.74) is 0.994. The first-order valence-electron chi connectivity index (χ1n) is 6.45. The van der Waals surface area contributed by atoms with Gasteiger partial charge in [-0.05, 0) is 36.6 Å². The Labute approximate surface area is 112 Å². The molecule has 0 aliphatic heterocycles. The Hall–Kier alpha value is -2.10. The highest BCUT2D eigenvalue weighted by molar-refractivity contribution is 6.02. The van der Waals surface area contributed by atoms with Crippen LogP contribution in [0.4, 0.5) is 5.82 Å². The van der Waals surface area contributed by atoms with E-state index in [1.807, 2.05) is 18.2 Å². The normalized spacial score (nSPS) is 10.9. The number of aromatic nitrogens is 1. The Bertz CT molecular complexity index is 594. The summed E-state index contributed by atoms with van der Waals surface area (Å²) in [5, 5.41) is 13.0. The molecule has 0 aliphatic carbocycles. The van der Waals surface area contributed by atoms with Crippen LogP contribution in [0.5, 0.6) is 0 Å². The number of carbonyl (C=O) groups is 1. The molecule has 0 bridgehead atoms. The largest absolute Gasteiger partial charge is 0.478 e. The van der Waals surface area contributed by atoms with E-state index in [0.29, 0.717) is 22.4 Å². The molecule has 1 aromatic heterocycles. The second-order valence-corrected chi connectivity index (χ2v) is 4.98. The second-order valence-electron chi connectivity index (χ2n) is 4.98. The molecular formula is C15H18N2O2. The first kappa shape index (κ1) is 13.3. The zero-order chi connectivity index (χ0) is 13.8. The molecule has 0 aliphatic rings. The number of pyridine rings is 1. The summed E-state index contributed by atoms with van der Waals surface area (Å²) in [6.45, 7) is 5.22. The number of fused-ring (bicyclic) bond motifs is 1. The van der Waals surface area contributed by atoms with Gasteiger partial charge >= 0.3 is 5.97 Å². The van der Waals surface area contributed by atoms with Gasteiger partial charge in [-0.25, -0.2) is 9.78 Å². The van der Waals surface area contributed by atoms with Gasteiger partial charge in [0.1, 0.15) is 5.82 Å². The highest BCUT2D eigenvalue weighted by Gasteiger charge is 2.08. The minimum Gasteiger partial charge on any atom is -0.478 e. The van der Waals surface area contributed by atoms with Gasteiger partial charge in [0.05, 0.1) is 11.1 Å². The van der Waals surface area contributed by atoms with Crippen LogP contribution in [-0.2, 0) is 0 Å². The van der Waals surface area contributed by atoms with Crippen LogP contribution in [0.15, 0.2) is 30.3 Å². The summed E-state index contributed by atoms with van der Waals surface area (Å²) < 4.78 is 0. The van der Waals surface area contributed by atoms with Gasteiger partial charge in [-0.1, -0.05) is 19.9 Å². The van der Waals surface area contributed by atoms with Crippen LogP contribution < -0.4 is 5.32 Å². The molecule has 0 fully saturated rings. The molecule has 0 spiro atoms. The summed E-state index contributed by atoms with van der Waals surface area (Å²) in [6, 6.07) is 8.78. The third-order valence-electron chi connectivity index (χ3n) is 2.99. The lowest BCUT2D eigenvalue weighted by Gasteiger charge is -2.09. The third-order valence-corrected chi connectivity index (χ3v) is 2.99. The van der Waals surface area contributed by atoms with Gasteiger partial charge in [0.2, 0.25) is 0 Å². The number of anilines is 1. The van der Waals surface area contributed by atoms with Crippen LogP contribution >= 0.6 is 0 Å². The van der Waals surface area contributed by atoms with Crippen molar-refractivity contribution in [3.8, 4) is 0 Å². The number of rotatable bonds is 5. The predicted molar refractivity (Wildman–Crippen MR) is 76.6 cm³/mol. The van der Waals surface area contributed by atoms with Gasteiger partial charge in [-0.15, -0.1) is 0 Å². The van der Waals surface area contributed by atoms with Crippen LogP contribution in [0.3, 0.4) is 0 Å². The zero-order valence-corrected chi connectivity index (χ0v) is 11.2. The maximum absolute atomic E-state index is 11.1. The van der Waals surface area contributed by atoms with Crippen LogP contribution in [0, 0.1) is 5.92 Å². The first-order chi connectivity index (χ1) is 9.08. The van der Waals surface area contributed by atoms with E-state index < -0.39 is 5.97 Å². The summed E-state index contributed by atoms with van der Waals surface area (Å²) in [6.07, 6.45) is 1.08. The maximum Gasteiger partial charge on any atom is 0.336 e.